The second-order valence-electron chi connectivity index (χ2n) is 7.59. The summed E-state index contributed by atoms with van der Waals surface area (Å²) < 4.78 is 13.3. The summed E-state index contributed by atoms with van der Waals surface area (Å²) in [4.78, 5) is 21.6. The Morgan fingerprint density at radius 2 is 1.97 bits per heavy atom. The van der Waals surface area contributed by atoms with Gasteiger partial charge in [0.15, 0.2) is 0 Å². The van der Waals surface area contributed by atoms with E-state index in [2.05, 4.69) is 20.1 Å². The number of amides is 1. The van der Waals surface area contributed by atoms with E-state index in [-0.39, 0.29) is 17.8 Å². The van der Waals surface area contributed by atoms with Gasteiger partial charge >= 0.3 is 0 Å². The van der Waals surface area contributed by atoms with Gasteiger partial charge in [-0.1, -0.05) is 23.7 Å². The van der Waals surface area contributed by atoms with Gasteiger partial charge in [0.05, 0.1) is 11.6 Å². The number of nitrogens with zero attached hydrogens (tertiary/aromatic N) is 3. The Bertz CT molecular complexity index is 1050. The molecular formula is C23H24ClFN4O. The van der Waals surface area contributed by atoms with Gasteiger partial charge in [-0.2, -0.15) is 0 Å². The quantitative estimate of drug-likeness (QED) is 0.665. The molecule has 1 aliphatic rings. The highest BCUT2D eigenvalue weighted by atomic mass is 35.5. The van der Waals surface area contributed by atoms with Crippen molar-refractivity contribution in [2.45, 2.75) is 19.5 Å². The van der Waals surface area contributed by atoms with Crippen LogP contribution in [0.15, 0.2) is 54.7 Å². The molecular weight excluding hydrogens is 403 g/mol. The minimum atomic E-state index is -0.363. The van der Waals surface area contributed by atoms with Gasteiger partial charge in [-0.15, -0.1) is 0 Å². The maximum Gasteiger partial charge on any atom is 0.241 e. The molecule has 7 heteroatoms. The summed E-state index contributed by atoms with van der Waals surface area (Å²) in [5.41, 5.74) is 2.57. The molecule has 1 fully saturated rings. The predicted octanol–water partition coefficient (Wildman–Crippen LogP) is 4.17. The molecule has 1 saturated heterocycles. The Kier molecular flexibility index (Phi) is 6.27. The molecule has 2 aromatic carbocycles. The van der Waals surface area contributed by atoms with Crippen molar-refractivity contribution < 1.29 is 9.18 Å². The fourth-order valence-corrected chi connectivity index (χ4v) is 4.07. The Labute approximate surface area is 180 Å². The molecule has 2 heterocycles. The van der Waals surface area contributed by atoms with E-state index < -0.39 is 0 Å². The van der Waals surface area contributed by atoms with E-state index in [4.69, 9.17) is 11.6 Å². The lowest BCUT2D eigenvalue weighted by Gasteiger charge is -2.37. The molecule has 3 aromatic rings. The largest absolute Gasteiger partial charge is 0.325 e. The number of anilines is 1. The highest BCUT2D eigenvalue weighted by molar-refractivity contribution is 6.35. The molecule has 1 aromatic heterocycles. The lowest BCUT2D eigenvalue weighted by atomic mass is 10.1. The first-order valence-electron chi connectivity index (χ1n) is 10.1. The van der Waals surface area contributed by atoms with E-state index >= 15 is 0 Å². The Hall–Kier alpha value is -2.54. The number of hydrogen-bond donors (Lipinski definition) is 1. The molecule has 0 saturated carbocycles. The monoisotopic (exact) mass is 426 g/mol. The average Bonchev–Trinajstić information content (AvgIpc) is 2.76. The van der Waals surface area contributed by atoms with Crippen LogP contribution in [-0.2, 0) is 11.3 Å². The van der Waals surface area contributed by atoms with Crippen molar-refractivity contribution in [2.24, 2.45) is 0 Å². The predicted molar refractivity (Wildman–Crippen MR) is 118 cm³/mol. The topological polar surface area (TPSA) is 48.5 Å². The molecule has 5 nitrogen and oxygen atoms in total. The third kappa shape index (κ3) is 4.61. The number of piperazine rings is 1. The van der Waals surface area contributed by atoms with Crippen molar-refractivity contribution in [1.82, 2.24) is 14.8 Å². The van der Waals surface area contributed by atoms with Crippen LogP contribution < -0.4 is 5.32 Å². The molecule has 0 aliphatic carbocycles. The molecule has 1 unspecified atom stereocenters. The third-order valence-corrected chi connectivity index (χ3v) is 5.95. The first kappa shape index (κ1) is 20.7. The Balaban J connectivity index is 1.35. The van der Waals surface area contributed by atoms with E-state index in [1.54, 1.807) is 18.3 Å². The maximum absolute atomic E-state index is 13.3. The Morgan fingerprint density at radius 1 is 1.17 bits per heavy atom. The number of pyridine rings is 1. The summed E-state index contributed by atoms with van der Waals surface area (Å²) in [5.74, 6) is -0.486. The average molecular weight is 427 g/mol. The van der Waals surface area contributed by atoms with Crippen LogP contribution in [0.5, 0.6) is 0 Å². The zero-order valence-electron chi connectivity index (χ0n) is 16.8. The number of rotatable bonds is 5. The van der Waals surface area contributed by atoms with Crippen molar-refractivity contribution in [3.05, 3.63) is 71.1 Å². The molecule has 30 heavy (non-hydrogen) atoms. The summed E-state index contributed by atoms with van der Waals surface area (Å²) >= 11 is 6.30. The van der Waals surface area contributed by atoms with Gasteiger partial charge in [-0.05, 0) is 48.9 Å². The summed E-state index contributed by atoms with van der Waals surface area (Å²) in [7, 11) is 0. The standard InChI is InChI=1S/C23H24ClFN4O/c1-16(23(30)27-19-5-2-4-18(25)14-19)29-12-10-28(11-13-29)15-17-7-8-21(24)20-6-3-9-26-22(17)20/h2-9,14,16H,10-13,15H2,1H3,(H,27,30). The highest BCUT2D eigenvalue weighted by Crippen LogP contribution is 2.26. The van der Waals surface area contributed by atoms with Gasteiger partial charge in [0.2, 0.25) is 5.91 Å². The van der Waals surface area contributed by atoms with Crippen molar-refractivity contribution in [3.63, 3.8) is 0 Å². The lowest BCUT2D eigenvalue weighted by molar-refractivity contribution is -0.121. The first-order chi connectivity index (χ1) is 14.5. The second-order valence-corrected chi connectivity index (χ2v) is 8.00. The van der Waals surface area contributed by atoms with Gasteiger partial charge < -0.3 is 5.32 Å². The van der Waals surface area contributed by atoms with Crippen LogP contribution in [-0.4, -0.2) is 52.9 Å². The summed E-state index contributed by atoms with van der Waals surface area (Å²) in [6, 6.07) is 13.5. The summed E-state index contributed by atoms with van der Waals surface area (Å²) in [6.45, 7) is 5.97. The van der Waals surface area contributed by atoms with Crippen LogP contribution in [0.1, 0.15) is 12.5 Å². The van der Waals surface area contributed by atoms with Crippen LogP contribution >= 0.6 is 11.6 Å². The van der Waals surface area contributed by atoms with Gasteiger partial charge in [-0.3, -0.25) is 19.6 Å². The number of carbonyl (C=O) groups excluding carboxylic acids is 1. The molecule has 1 N–H and O–H groups in total. The SMILES string of the molecule is CC(C(=O)Nc1cccc(F)c1)N1CCN(Cc2ccc(Cl)c3cccnc23)CC1. The van der Waals surface area contributed by atoms with Gasteiger partial charge in [0.25, 0.3) is 0 Å². The molecule has 156 valence electrons. The molecule has 1 atom stereocenters. The van der Waals surface area contributed by atoms with Gasteiger partial charge in [0.1, 0.15) is 5.82 Å². The lowest BCUT2D eigenvalue weighted by Crippen LogP contribution is -2.52. The third-order valence-electron chi connectivity index (χ3n) is 5.62. The first-order valence-corrected chi connectivity index (χ1v) is 10.4. The zero-order valence-corrected chi connectivity index (χ0v) is 17.6. The van der Waals surface area contributed by atoms with Crippen LogP contribution in [0.3, 0.4) is 0 Å². The fraction of sp³-hybridized carbons (Fsp3) is 0.304. The second kappa shape index (κ2) is 9.08. The van der Waals surface area contributed by atoms with Gasteiger partial charge in [0, 0.05) is 55.0 Å². The minimum Gasteiger partial charge on any atom is -0.325 e. The maximum atomic E-state index is 13.3. The molecule has 1 amide bonds. The number of halogens is 2. The van der Waals surface area contributed by atoms with E-state index in [0.717, 1.165) is 49.2 Å². The number of fused-ring (bicyclic) bond motifs is 1. The van der Waals surface area contributed by atoms with Crippen LogP contribution in [0.2, 0.25) is 5.02 Å². The number of nitrogens with one attached hydrogen (secondary N) is 1. The van der Waals surface area contributed by atoms with E-state index in [9.17, 15) is 9.18 Å². The van der Waals surface area contributed by atoms with E-state index in [0.29, 0.717) is 10.7 Å². The van der Waals surface area contributed by atoms with Crippen LogP contribution in [0, 0.1) is 5.82 Å². The van der Waals surface area contributed by atoms with E-state index in [1.807, 2.05) is 31.2 Å². The molecule has 0 bridgehead atoms. The number of benzene rings is 2. The van der Waals surface area contributed by atoms with Crippen LogP contribution in [0.25, 0.3) is 10.9 Å². The normalized spacial score (nSPS) is 16.5. The van der Waals surface area contributed by atoms with Crippen molar-refractivity contribution in [1.29, 1.82) is 0 Å². The van der Waals surface area contributed by atoms with Crippen molar-refractivity contribution >= 4 is 34.1 Å². The van der Waals surface area contributed by atoms with Crippen LogP contribution in [0.4, 0.5) is 10.1 Å². The Morgan fingerprint density at radius 3 is 2.73 bits per heavy atom. The molecule has 0 radical (unpaired) electrons. The van der Waals surface area contributed by atoms with E-state index in [1.165, 1.54) is 12.1 Å². The van der Waals surface area contributed by atoms with Gasteiger partial charge in [-0.25, -0.2) is 4.39 Å². The van der Waals surface area contributed by atoms with Crippen molar-refractivity contribution in [3.8, 4) is 0 Å². The minimum absolute atomic E-state index is 0.123. The smallest absolute Gasteiger partial charge is 0.241 e. The number of aromatic nitrogens is 1. The summed E-state index contributed by atoms with van der Waals surface area (Å²) in [6.07, 6.45) is 1.79. The van der Waals surface area contributed by atoms with Crippen molar-refractivity contribution in [2.75, 3.05) is 31.5 Å². The zero-order chi connectivity index (χ0) is 21.1. The molecule has 1 aliphatic heterocycles. The highest BCUT2D eigenvalue weighted by Gasteiger charge is 2.26. The summed E-state index contributed by atoms with van der Waals surface area (Å²) in [5, 5.41) is 4.48. The number of carbonyl (C=O) groups is 1. The molecule has 4 rings (SSSR count). The fourth-order valence-electron chi connectivity index (χ4n) is 3.85. The molecule has 0 spiro atoms. The number of hydrogen-bond acceptors (Lipinski definition) is 4.